The van der Waals surface area contributed by atoms with Gasteiger partial charge in [-0.15, -0.1) is 0 Å². The van der Waals surface area contributed by atoms with Crippen molar-refractivity contribution in [1.29, 1.82) is 0 Å². The molecule has 1 heteroatoms. The van der Waals surface area contributed by atoms with Crippen LogP contribution in [0.1, 0.15) is 11.1 Å². The Morgan fingerprint density at radius 1 is 1.44 bits per heavy atom. The molecule has 0 bridgehead atoms. The van der Waals surface area contributed by atoms with Gasteiger partial charge >= 0.3 is 0 Å². The van der Waals surface area contributed by atoms with Crippen LogP contribution in [-0.4, -0.2) is 0 Å². The topological polar surface area (TPSA) is 0 Å². The van der Waals surface area contributed by atoms with Crippen LogP contribution in [0.25, 0.3) is 0 Å². The number of benzene rings is 1. The van der Waals surface area contributed by atoms with Crippen molar-refractivity contribution < 1.29 is 0 Å². The second-order valence-corrected chi connectivity index (χ2v) is 2.50. The van der Waals surface area contributed by atoms with E-state index in [9.17, 15) is 0 Å². The van der Waals surface area contributed by atoms with Gasteiger partial charge in [0.05, 0.1) is 0 Å². The summed E-state index contributed by atoms with van der Waals surface area (Å²) in [4.78, 5) is 0. The normalized spacial score (nSPS) is 9.67. The summed E-state index contributed by atoms with van der Waals surface area (Å²) < 4.78 is 0. The third kappa shape index (κ3) is 1.46. The SMILES string of the molecule is [CH2]c1ccc(C)cc1Cl. The average Bonchev–Trinajstić information content (AvgIpc) is 1.80. The smallest absolute Gasteiger partial charge is 0.0440 e. The lowest BCUT2D eigenvalue weighted by Crippen LogP contribution is -1.75. The molecule has 0 unspecified atom stereocenters. The molecule has 0 saturated heterocycles. The molecule has 9 heavy (non-hydrogen) atoms. The fourth-order valence-electron chi connectivity index (χ4n) is 0.652. The fraction of sp³-hybridized carbons (Fsp3) is 0.125. The number of rotatable bonds is 0. The van der Waals surface area contributed by atoms with Crippen LogP contribution in [0.5, 0.6) is 0 Å². The highest BCUT2D eigenvalue weighted by molar-refractivity contribution is 6.31. The molecule has 0 amide bonds. The summed E-state index contributed by atoms with van der Waals surface area (Å²) in [6, 6.07) is 5.82. The van der Waals surface area contributed by atoms with Crippen molar-refractivity contribution in [3.63, 3.8) is 0 Å². The number of hydrogen-bond donors (Lipinski definition) is 0. The maximum absolute atomic E-state index is 5.75. The van der Waals surface area contributed by atoms with Crippen LogP contribution < -0.4 is 0 Å². The van der Waals surface area contributed by atoms with E-state index in [1.54, 1.807) is 0 Å². The molecule has 1 aromatic carbocycles. The summed E-state index contributed by atoms with van der Waals surface area (Å²) in [6.45, 7) is 5.73. The Morgan fingerprint density at radius 3 is 2.56 bits per heavy atom. The Labute approximate surface area is 60.5 Å². The minimum absolute atomic E-state index is 0.745. The van der Waals surface area contributed by atoms with Crippen molar-refractivity contribution in [3.05, 3.63) is 41.3 Å². The summed E-state index contributed by atoms with van der Waals surface area (Å²) in [7, 11) is 0. The third-order valence-corrected chi connectivity index (χ3v) is 1.56. The molecule has 0 aliphatic rings. The third-order valence-electron chi connectivity index (χ3n) is 1.21. The first-order valence-electron chi connectivity index (χ1n) is 2.78. The van der Waals surface area contributed by atoms with Crippen LogP contribution in [0.15, 0.2) is 18.2 Å². The van der Waals surface area contributed by atoms with Crippen LogP contribution in [-0.2, 0) is 0 Å². The Bertz CT molecular complexity index is 216. The van der Waals surface area contributed by atoms with E-state index in [1.165, 1.54) is 5.56 Å². The summed E-state index contributed by atoms with van der Waals surface area (Å²) in [5, 5.41) is 0.745. The molecule has 0 heterocycles. The first kappa shape index (κ1) is 6.63. The van der Waals surface area contributed by atoms with Gasteiger partial charge in [0, 0.05) is 5.02 Å². The Hall–Kier alpha value is -0.490. The molecule has 0 fully saturated rings. The van der Waals surface area contributed by atoms with Gasteiger partial charge in [0.15, 0.2) is 0 Å². The quantitative estimate of drug-likeness (QED) is 0.519. The second kappa shape index (κ2) is 2.40. The van der Waals surface area contributed by atoms with Crippen LogP contribution in [0.2, 0.25) is 5.02 Å². The van der Waals surface area contributed by atoms with Crippen LogP contribution in [0.3, 0.4) is 0 Å². The minimum Gasteiger partial charge on any atom is -0.0840 e. The van der Waals surface area contributed by atoms with E-state index in [-0.39, 0.29) is 0 Å². The maximum atomic E-state index is 5.75. The molecular formula is C8H8Cl. The minimum atomic E-state index is 0.745. The van der Waals surface area contributed by atoms with Gasteiger partial charge in [0.25, 0.3) is 0 Å². The van der Waals surface area contributed by atoms with Crippen LogP contribution >= 0.6 is 11.6 Å². The molecule has 0 atom stereocenters. The molecule has 0 N–H and O–H groups in total. The Kier molecular flexibility index (Phi) is 1.77. The Morgan fingerprint density at radius 2 is 2.11 bits per heavy atom. The monoisotopic (exact) mass is 139 g/mol. The van der Waals surface area contributed by atoms with Crippen LogP contribution in [0, 0.1) is 13.8 Å². The molecule has 0 aliphatic heterocycles. The largest absolute Gasteiger partial charge is 0.0840 e. The molecular weight excluding hydrogens is 132 g/mol. The van der Waals surface area contributed by atoms with Crippen LogP contribution in [0.4, 0.5) is 0 Å². The van der Waals surface area contributed by atoms with Crippen molar-refractivity contribution in [3.8, 4) is 0 Å². The van der Waals surface area contributed by atoms with Gasteiger partial charge in [0.2, 0.25) is 0 Å². The number of aryl methyl sites for hydroxylation is 1. The molecule has 0 nitrogen and oxygen atoms in total. The lowest BCUT2D eigenvalue weighted by Gasteiger charge is -1.96. The van der Waals surface area contributed by atoms with E-state index in [1.807, 2.05) is 25.1 Å². The van der Waals surface area contributed by atoms with Crippen molar-refractivity contribution in [1.82, 2.24) is 0 Å². The standard InChI is InChI=1S/C8H8Cl/c1-6-3-4-7(2)8(9)5-6/h3-5H,2H2,1H3. The number of hydrogen-bond acceptors (Lipinski definition) is 0. The first-order valence-corrected chi connectivity index (χ1v) is 3.16. The van der Waals surface area contributed by atoms with Gasteiger partial charge in [-0.05, 0) is 31.0 Å². The highest BCUT2D eigenvalue weighted by atomic mass is 35.5. The molecule has 47 valence electrons. The predicted molar refractivity (Wildman–Crippen MR) is 40.6 cm³/mol. The molecule has 1 aromatic rings. The van der Waals surface area contributed by atoms with Gasteiger partial charge < -0.3 is 0 Å². The predicted octanol–water partition coefficient (Wildman–Crippen LogP) is 2.83. The van der Waals surface area contributed by atoms with Gasteiger partial charge in [0.1, 0.15) is 0 Å². The molecule has 1 radical (unpaired) electrons. The van der Waals surface area contributed by atoms with E-state index in [0.29, 0.717) is 0 Å². The van der Waals surface area contributed by atoms with E-state index < -0.39 is 0 Å². The van der Waals surface area contributed by atoms with E-state index in [0.717, 1.165) is 10.6 Å². The zero-order valence-electron chi connectivity index (χ0n) is 5.32. The second-order valence-electron chi connectivity index (χ2n) is 2.09. The average molecular weight is 140 g/mol. The van der Waals surface area contributed by atoms with Crippen molar-refractivity contribution in [2.45, 2.75) is 6.92 Å². The fourth-order valence-corrected chi connectivity index (χ4v) is 0.887. The molecule has 0 aromatic heterocycles. The molecule has 1 rings (SSSR count). The summed E-state index contributed by atoms with van der Waals surface area (Å²) >= 11 is 5.75. The van der Waals surface area contributed by atoms with Gasteiger partial charge in [-0.25, -0.2) is 0 Å². The highest BCUT2D eigenvalue weighted by Gasteiger charge is 1.91. The van der Waals surface area contributed by atoms with E-state index >= 15 is 0 Å². The summed E-state index contributed by atoms with van der Waals surface area (Å²) in [5.74, 6) is 0. The lowest BCUT2D eigenvalue weighted by molar-refractivity contribution is 1.45. The maximum Gasteiger partial charge on any atom is 0.0440 e. The van der Waals surface area contributed by atoms with Crippen molar-refractivity contribution in [2.75, 3.05) is 0 Å². The Balaban J connectivity index is 3.17. The van der Waals surface area contributed by atoms with E-state index in [2.05, 4.69) is 6.92 Å². The molecule has 0 spiro atoms. The molecule has 0 aliphatic carbocycles. The summed E-state index contributed by atoms with van der Waals surface area (Å²) in [6.07, 6.45) is 0. The van der Waals surface area contributed by atoms with Crippen molar-refractivity contribution >= 4 is 11.6 Å². The zero-order chi connectivity index (χ0) is 6.85. The highest BCUT2D eigenvalue weighted by Crippen LogP contribution is 2.15. The van der Waals surface area contributed by atoms with Crippen molar-refractivity contribution in [2.24, 2.45) is 0 Å². The summed E-state index contributed by atoms with van der Waals surface area (Å²) in [5.41, 5.74) is 2.06. The van der Waals surface area contributed by atoms with Gasteiger partial charge in [-0.1, -0.05) is 23.7 Å². The lowest BCUT2D eigenvalue weighted by atomic mass is 10.2. The number of halogens is 1. The van der Waals surface area contributed by atoms with Gasteiger partial charge in [-0.3, -0.25) is 0 Å². The van der Waals surface area contributed by atoms with E-state index in [4.69, 9.17) is 11.6 Å². The molecule has 0 saturated carbocycles. The van der Waals surface area contributed by atoms with Gasteiger partial charge in [-0.2, -0.15) is 0 Å². The zero-order valence-corrected chi connectivity index (χ0v) is 6.07. The first-order chi connectivity index (χ1) is 4.20.